The monoisotopic (exact) mass is 1130 g/mol. The molecule has 0 aliphatic carbocycles. The summed E-state index contributed by atoms with van der Waals surface area (Å²) in [6.45, 7) is 7.61. The zero-order chi connectivity index (χ0) is 57.7. The Morgan fingerprint density at radius 3 is 1.23 bits per heavy atom. The summed E-state index contributed by atoms with van der Waals surface area (Å²) in [5.41, 5.74) is 1.96. The van der Waals surface area contributed by atoms with Crippen molar-refractivity contribution in [1.29, 1.82) is 0 Å². The molecule has 430 valence electrons. The second-order valence-corrected chi connectivity index (χ2v) is 24.0. The van der Waals surface area contributed by atoms with Gasteiger partial charge in [-0.25, -0.2) is 16.8 Å². The lowest BCUT2D eigenvalue weighted by Gasteiger charge is -2.34. The Kier molecular flexibility index (Phi) is 24.3. The van der Waals surface area contributed by atoms with Crippen LogP contribution in [-0.2, 0) is 61.5 Å². The van der Waals surface area contributed by atoms with Gasteiger partial charge in [0, 0.05) is 51.4 Å². The molecule has 2 unspecified atom stereocenters. The van der Waals surface area contributed by atoms with Crippen molar-refractivity contribution < 1.29 is 45.5 Å². The summed E-state index contributed by atoms with van der Waals surface area (Å²) in [5.74, 6) is 9.48. The lowest BCUT2D eigenvalue weighted by atomic mass is 10.1. The molecule has 2 aliphatic heterocycles. The number of carbonyl (C=O) groups is 4. The predicted molar refractivity (Wildman–Crippen MR) is 307 cm³/mol. The van der Waals surface area contributed by atoms with Crippen LogP contribution in [0.2, 0.25) is 0 Å². The minimum Gasteiger partial charge on any atom is -0.363 e. The van der Waals surface area contributed by atoms with Gasteiger partial charge in [0.05, 0.1) is 34.1 Å². The maximum atomic E-state index is 14.6. The van der Waals surface area contributed by atoms with Gasteiger partial charge < -0.3 is 40.5 Å². The van der Waals surface area contributed by atoms with E-state index in [-0.39, 0.29) is 49.2 Å². The first kappa shape index (κ1) is 62.7. The molecule has 0 saturated carbocycles. The molecule has 2 saturated heterocycles. The molecule has 4 aromatic carbocycles. The van der Waals surface area contributed by atoms with Gasteiger partial charge in [-0.2, -0.15) is 8.61 Å². The van der Waals surface area contributed by atoms with Crippen LogP contribution in [-0.4, -0.2) is 174 Å². The lowest BCUT2D eigenvalue weighted by Crippen LogP contribution is -2.58. The van der Waals surface area contributed by atoms with Crippen molar-refractivity contribution in [2.45, 2.75) is 124 Å². The van der Waals surface area contributed by atoms with Crippen molar-refractivity contribution in [3.63, 3.8) is 0 Å². The van der Waals surface area contributed by atoms with E-state index in [4.69, 9.17) is 9.47 Å². The van der Waals surface area contributed by atoms with Crippen LogP contribution in [0.5, 0.6) is 0 Å². The average molecular weight is 1140 g/mol. The summed E-state index contributed by atoms with van der Waals surface area (Å²) >= 11 is 0. The van der Waals surface area contributed by atoms with E-state index in [9.17, 15) is 36.0 Å². The van der Waals surface area contributed by atoms with Gasteiger partial charge >= 0.3 is 0 Å². The maximum Gasteiger partial charge on any atom is 0.248 e. The third-order valence-corrected chi connectivity index (χ3v) is 18.5. The molecule has 0 radical (unpaired) electrons. The molecule has 6 rings (SSSR count). The van der Waals surface area contributed by atoms with Crippen molar-refractivity contribution >= 4 is 43.7 Å². The molecule has 2 heterocycles. The standard InChI is InChI=1S/C60H78N8O10S2/c1-45(61-5)57(69)63-55(59(71)67-37-23-29-51(67)43-65(39-35-49-25-13-9-14-26-49)79(73,74)53-31-17-11-18-32-53)47(3)77-41-21-7-8-22-42-78-48(4)56(64-58(70)46(2)62-6)60(72)68-38-24-30-52(68)44-66(40-36-50-27-15-10-16-28-50)80(75,76)54-33-19-12-20-34-54/h9-20,25-28,31-34,45-48,51-52,55-56,61-62H,23-24,29-30,35-44H2,1-6H3,(H,63,69)(H,64,70)/t45-,46-,47+,48?,51?,52-,55-,56-/m0/s1. The summed E-state index contributed by atoms with van der Waals surface area (Å²) in [4.78, 5) is 59.4. The molecule has 0 spiro atoms. The topological polar surface area (TPSA) is 216 Å². The van der Waals surface area contributed by atoms with Gasteiger partial charge in [-0.1, -0.05) is 109 Å². The SMILES string of the molecule is CN[C@@H](C)C(=O)N[C@H](C(=O)N1CCC[C@H]1CN(CCc1ccccc1)S(=O)(=O)c1ccccc1)C(C)OCC#CC#CCO[C@H](C)[C@H](NC(=O)[C@H](C)NC)C(=O)N1CCCC1CN(CCc1ccccc1)S(=O)(=O)c1ccccc1. The van der Waals surface area contributed by atoms with Gasteiger partial charge in [0.2, 0.25) is 43.7 Å². The van der Waals surface area contributed by atoms with Crippen LogP contribution in [0, 0.1) is 23.7 Å². The number of amides is 4. The summed E-state index contributed by atoms with van der Waals surface area (Å²) in [6.07, 6.45) is 1.63. The number of sulfonamides is 2. The minimum absolute atomic E-state index is 0.0594. The Hall–Kier alpha value is -6.46. The number of rotatable bonds is 28. The fraction of sp³-hybridized carbons (Fsp3) is 0.467. The smallest absolute Gasteiger partial charge is 0.248 e. The predicted octanol–water partition coefficient (Wildman–Crippen LogP) is 3.84. The number of hydrogen-bond acceptors (Lipinski definition) is 12. The number of likely N-dealkylation sites (tertiary alicyclic amines) is 2. The molecular formula is C60H78N8O10S2. The molecule has 2 fully saturated rings. The van der Waals surface area contributed by atoms with Gasteiger partial charge in [-0.05, 0) is 128 Å². The normalized spacial score (nSPS) is 17.8. The molecule has 0 bridgehead atoms. The number of carbonyl (C=O) groups excluding carboxylic acids is 4. The Bertz CT molecular complexity index is 2790. The number of benzene rings is 4. The molecule has 20 heteroatoms. The van der Waals surface area contributed by atoms with Crippen LogP contribution in [0.25, 0.3) is 0 Å². The fourth-order valence-electron chi connectivity index (χ4n) is 9.64. The highest BCUT2D eigenvalue weighted by Crippen LogP contribution is 2.27. The van der Waals surface area contributed by atoms with Crippen LogP contribution in [0.15, 0.2) is 131 Å². The molecule has 18 nitrogen and oxygen atoms in total. The number of likely N-dealkylation sites (N-methyl/N-ethyl adjacent to an activating group) is 2. The van der Waals surface area contributed by atoms with Crippen LogP contribution < -0.4 is 21.3 Å². The molecule has 0 aromatic heterocycles. The number of ether oxygens (including phenoxy) is 2. The zero-order valence-electron chi connectivity index (χ0n) is 46.8. The first-order chi connectivity index (χ1) is 38.5. The van der Waals surface area contributed by atoms with Crippen molar-refractivity contribution in [1.82, 2.24) is 39.7 Å². The van der Waals surface area contributed by atoms with Crippen LogP contribution >= 0.6 is 0 Å². The number of nitrogens with zero attached hydrogens (tertiary/aromatic N) is 4. The van der Waals surface area contributed by atoms with E-state index in [1.54, 1.807) is 112 Å². The van der Waals surface area contributed by atoms with Crippen molar-refractivity contribution in [2.75, 3.05) is 66.6 Å². The quantitative estimate of drug-likeness (QED) is 0.0598. The van der Waals surface area contributed by atoms with E-state index in [1.165, 1.54) is 8.61 Å². The van der Waals surface area contributed by atoms with Crippen LogP contribution in [0.3, 0.4) is 0 Å². The summed E-state index contributed by atoms with van der Waals surface area (Å²) in [7, 11) is -4.61. The molecule has 2 aliphatic rings. The highest BCUT2D eigenvalue weighted by atomic mass is 32.2. The highest BCUT2D eigenvalue weighted by Gasteiger charge is 2.41. The minimum atomic E-state index is -3.94. The van der Waals surface area contributed by atoms with E-state index < -0.39 is 92.1 Å². The fourth-order valence-corrected chi connectivity index (χ4v) is 12.6. The second-order valence-electron chi connectivity index (χ2n) is 20.1. The Morgan fingerprint density at radius 2 is 0.887 bits per heavy atom. The first-order valence-corrected chi connectivity index (χ1v) is 30.3. The number of hydrogen-bond donors (Lipinski definition) is 4. The van der Waals surface area contributed by atoms with E-state index in [1.807, 2.05) is 60.7 Å². The molecule has 4 N–H and O–H groups in total. The van der Waals surface area contributed by atoms with Gasteiger partial charge in [-0.3, -0.25) is 19.2 Å². The second kappa shape index (κ2) is 30.9. The maximum absolute atomic E-state index is 14.6. The zero-order valence-corrected chi connectivity index (χ0v) is 48.4. The molecule has 80 heavy (non-hydrogen) atoms. The highest BCUT2D eigenvalue weighted by molar-refractivity contribution is 7.89. The van der Waals surface area contributed by atoms with E-state index in [2.05, 4.69) is 44.9 Å². The lowest BCUT2D eigenvalue weighted by molar-refractivity contribution is -0.141. The van der Waals surface area contributed by atoms with Crippen molar-refractivity contribution in [3.8, 4) is 23.7 Å². The van der Waals surface area contributed by atoms with E-state index >= 15 is 0 Å². The largest absolute Gasteiger partial charge is 0.363 e. The van der Waals surface area contributed by atoms with Crippen molar-refractivity contribution in [2.24, 2.45) is 0 Å². The van der Waals surface area contributed by atoms with Gasteiger partial charge in [0.15, 0.2) is 0 Å². The molecular weight excluding hydrogens is 1060 g/mol. The third kappa shape index (κ3) is 17.5. The Balaban J connectivity index is 1.10. The van der Waals surface area contributed by atoms with Gasteiger partial charge in [-0.15, -0.1) is 0 Å². The summed E-state index contributed by atoms with van der Waals surface area (Å²) < 4.78 is 71.6. The molecule has 8 atom stereocenters. The number of nitrogens with one attached hydrogen (secondary N) is 4. The van der Waals surface area contributed by atoms with Crippen LogP contribution in [0.4, 0.5) is 0 Å². The van der Waals surface area contributed by atoms with Crippen molar-refractivity contribution in [3.05, 3.63) is 132 Å². The van der Waals surface area contributed by atoms with Gasteiger partial charge in [0.1, 0.15) is 25.3 Å². The summed E-state index contributed by atoms with van der Waals surface area (Å²) in [5, 5.41) is 11.5. The molecule has 4 amide bonds. The van der Waals surface area contributed by atoms with Gasteiger partial charge in [0.25, 0.3) is 0 Å². The summed E-state index contributed by atoms with van der Waals surface area (Å²) in [6, 6.07) is 31.3. The average Bonchev–Trinajstić information content (AvgIpc) is 4.16. The third-order valence-electron chi connectivity index (χ3n) is 14.7. The molecule has 4 aromatic rings. The Morgan fingerprint density at radius 1 is 0.550 bits per heavy atom. The van der Waals surface area contributed by atoms with E-state index in [0.29, 0.717) is 51.6 Å². The Labute approximate surface area is 473 Å². The first-order valence-electron chi connectivity index (χ1n) is 27.4. The van der Waals surface area contributed by atoms with E-state index in [0.717, 1.165) is 11.1 Å². The van der Waals surface area contributed by atoms with Crippen LogP contribution in [0.1, 0.15) is 64.5 Å².